The summed E-state index contributed by atoms with van der Waals surface area (Å²) in [4.78, 5) is 21.1. The Morgan fingerprint density at radius 1 is 1.06 bits per heavy atom. The van der Waals surface area contributed by atoms with E-state index in [1.54, 1.807) is 6.92 Å². The van der Waals surface area contributed by atoms with Crippen LogP contribution in [0, 0.1) is 6.92 Å². The van der Waals surface area contributed by atoms with Crippen molar-refractivity contribution in [1.29, 1.82) is 0 Å². The summed E-state index contributed by atoms with van der Waals surface area (Å²) < 4.78 is 0. The minimum Gasteiger partial charge on any atom is -0.478 e. The summed E-state index contributed by atoms with van der Waals surface area (Å²) in [5.74, 6) is -2.23. The average molecular weight is 222 g/mol. The van der Waals surface area contributed by atoms with Crippen LogP contribution in [0.4, 0.5) is 0 Å². The highest BCUT2D eigenvalue weighted by atomic mass is 16.4. The molecule has 0 unspecified atom stereocenters. The van der Waals surface area contributed by atoms with Crippen molar-refractivity contribution in [3.63, 3.8) is 0 Å². The zero-order valence-electron chi connectivity index (χ0n) is 9.06. The Morgan fingerprint density at radius 2 is 1.62 bits per heavy atom. The van der Waals surface area contributed by atoms with Gasteiger partial charge in [0.25, 0.3) is 0 Å². The van der Waals surface area contributed by atoms with Crippen LogP contribution < -0.4 is 0 Å². The second-order valence-corrected chi connectivity index (χ2v) is 3.70. The van der Waals surface area contributed by atoms with Gasteiger partial charge in [-0.2, -0.15) is 0 Å². The molecule has 0 amide bonds. The zero-order chi connectivity index (χ0) is 12.1. The van der Waals surface area contributed by atoms with Crippen LogP contribution in [0.5, 0.6) is 0 Å². The van der Waals surface area contributed by atoms with Crippen LogP contribution >= 0.6 is 0 Å². The zero-order valence-corrected chi connectivity index (χ0v) is 9.06. The van der Waals surface area contributed by atoms with Crippen LogP contribution in [-0.2, 0) is 0 Å². The number of carbonyl (C=O) groups is 2. The highest BCUT2D eigenvalue weighted by molar-refractivity contribution is 5.94. The molecule has 86 valence electrons. The van der Waals surface area contributed by atoms with Gasteiger partial charge in [0.2, 0.25) is 0 Å². The van der Waals surface area contributed by atoms with E-state index in [9.17, 15) is 9.59 Å². The van der Waals surface area contributed by atoms with Crippen LogP contribution in [0.15, 0.2) is 18.2 Å². The maximum atomic E-state index is 10.6. The fourth-order valence-electron chi connectivity index (χ4n) is 0.985. The van der Waals surface area contributed by atoms with Crippen molar-refractivity contribution in [3.05, 3.63) is 34.9 Å². The molecule has 1 aromatic carbocycles. The molecule has 0 heterocycles. The van der Waals surface area contributed by atoms with Gasteiger partial charge in [-0.15, -0.1) is 0 Å². The van der Waals surface area contributed by atoms with Gasteiger partial charge in [0, 0.05) is 0 Å². The van der Waals surface area contributed by atoms with Gasteiger partial charge in [-0.05, 0) is 24.6 Å². The first-order chi connectivity index (χ1) is 7.52. The molecule has 4 heteroatoms. The molecule has 0 saturated heterocycles. The largest absolute Gasteiger partial charge is 0.478 e. The number of benzene rings is 1. The molecule has 16 heavy (non-hydrogen) atoms. The molecule has 1 saturated carbocycles. The minimum atomic E-state index is -1.12. The second-order valence-electron chi connectivity index (χ2n) is 3.70. The molecule has 0 aromatic heterocycles. The number of rotatable bonds is 2. The van der Waals surface area contributed by atoms with Crippen LogP contribution in [0.3, 0.4) is 0 Å². The lowest BCUT2D eigenvalue weighted by atomic mass is 10.1. The first kappa shape index (κ1) is 12.2. The second kappa shape index (κ2) is 5.30. The van der Waals surface area contributed by atoms with Crippen molar-refractivity contribution in [2.45, 2.75) is 26.2 Å². The third-order valence-electron chi connectivity index (χ3n) is 2.07. The molecular weight excluding hydrogens is 208 g/mol. The van der Waals surface area contributed by atoms with E-state index < -0.39 is 11.9 Å². The highest BCUT2D eigenvalue weighted by Crippen LogP contribution is 2.14. The Kier molecular flexibility index (Phi) is 4.05. The fraction of sp³-hybridized carbons (Fsp3) is 0.333. The van der Waals surface area contributed by atoms with Crippen LogP contribution in [-0.4, -0.2) is 22.2 Å². The number of aromatic carboxylic acids is 2. The maximum Gasteiger partial charge on any atom is 0.335 e. The minimum absolute atomic E-state index is 0.0111. The van der Waals surface area contributed by atoms with Crippen molar-refractivity contribution >= 4 is 11.9 Å². The maximum absolute atomic E-state index is 10.6. The van der Waals surface area contributed by atoms with E-state index in [2.05, 4.69) is 0 Å². The standard InChI is InChI=1S/C9H8O4.C3H6/c1-5-2-3-6(8(10)11)4-7(5)9(12)13;1-2-3-1/h2-4H,1H3,(H,10,11)(H,12,13);1-3H2. The Labute approximate surface area is 93.5 Å². The van der Waals surface area contributed by atoms with E-state index in [0.717, 1.165) is 6.07 Å². The van der Waals surface area contributed by atoms with Gasteiger partial charge in [-0.1, -0.05) is 25.3 Å². The summed E-state index contributed by atoms with van der Waals surface area (Å²) in [5.41, 5.74) is 0.570. The average Bonchev–Trinajstić information content (AvgIpc) is 3.04. The number of hydrogen-bond acceptors (Lipinski definition) is 2. The smallest absolute Gasteiger partial charge is 0.335 e. The molecule has 1 aromatic rings. The fourth-order valence-corrected chi connectivity index (χ4v) is 0.985. The summed E-state index contributed by atoms with van der Waals surface area (Å²) >= 11 is 0. The van der Waals surface area contributed by atoms with Crippen molar-refractivity contribution in [2.24, 2.45) is 0 Å². The number of hydrogen-bond donors (Lipinski definition) is 2. The summed E-state index contributed by atoms with van der Waals surface area (Å²) in [6.45, 7) is 1.62. The molecule has 0 radical (unpaired) electrons. The molecule has 2 N–H and O–H groups in total. The van der Waals surface area contributed by atoms with E-state index in [0.29, 0.717) is 5.56 Å². The Morgan fingerprint density at radius 3 is 2.00 bits per heavy atom. The topological polar surface area (TPSA) is 74.6 Å². The molecule has 0 spiro atoms. The van der Waals surface area contributed by atoms with Crippen molar-refractivity contribution in [3.8, 4) is 0 Å². The molecule has 0 atom stereocenters. The quantitative estimate of drug-likeness (QED) is 0.806. The number of carboxylic acids is 2. The summed E-state index contributed by atoms with van der Waals surface area (Å²) in [6, 6.07) is 4.01. The van der Waals surface area contributed by atoms with Gasteiger partial charge in [-0.3, -0.25) is 0 Å². The predicted molar refractivity (Wildman–Crippen MR) is 58.9 cm³/mol. The van der Waals surface area contributed by atoms with Gasteiger partial charge < -0.3 is 10.2 Å². The van der Waals surface area contributed by atoms with Crippen LogP contribution in [0.25, 0.3) is 0 Å². The predicted octanol–water partition coefficient (Wildman–Crippen LogP) is 2.56. The van der Waals surface area contributed by atoms with E-state index >= 15 is 0 Å². The first-order valence-corrected chi connectivity index (χ1v) is 5.09. The number of aryl methyl sites for hydroxylation is 1. The molecule has 1 aliphatic carbocycles. The van der Waals surface area contributed by atoms with Crippen molar-refractivity contribution in [2.75, 3.05) is 0 Å². The van der Waals surface area contributed by atoms with Gasteiger partial charge in [0.05, 0.1) is 11.1 Å². The normalized spacial score (nSPS) is 12.3. The van der Waals surface area contributed by atoms with Gasteiger partial charge >= 0.3 is 11.9 Å². The molecule has 1 aliphatic rings. The Hall–Kier alpha value is -1.84. The third kappa shape index (κ3) is 3.73. The van der Waals surface area contributed by atoms with Crippen LogP contribution in [0.2, 0.25) is 0 Å². The molecule has 2 rings (SSSR count). The van der Waals surface area contributed by atoms with E-state index in [1.165, 1.54) is 31.4 Å². The van der Waals surface area contributed by atoms with E-state index in [1.807, 2.05) is 0 Å². The van der Waals surface area contributed by atoms with E-state index in [4.69, 9.17) is 10.2 Å². The Balaban J connectivity index is 0.000000365. The first-order valence-electron chi connectivity index (χ1n) is 5.09. The molecule has 1 fully saturated rings. The van der Waals surface area contributed by atoms with E-state index in [-0.39, 0.29) is 11.1 Å². The highest BCUT2D eigenvalue weighted by Gasteiger charge is 2.10. The Bertz CT molecular complexity index is 405. The number of carboxylic acid groups (broad SMARTS) is 2. The van der Waals surface area contributed by atoms with Crippen molar-refractivity contribution < 1.29 is 19.8 Å². The van der Waals surface area contributed by atoms with Gasteiger partial charge in [0.15, 0.2) is 0 Å². The summed E-state index contributed by atoms with van der Waals surface area (Å²) in [5, 5.41) is 17.3. The van der Waals surface area contributed by atoms with Gasteiger partial charge in [-0.25, -0.2) is 9.59 Å². The van der Waals surface area contributed by atoms with Gasteiger partial charge in [0.1, 0.15) is 0 Å². The summed E-state index contributed by atoms with van der Waals surface area (Å²) in [7, 11) is 0. The lowest BCUT2D eigenvalue weighted by molar-refractivity contribution is 0.0695. The lowest BCUT2D eigenvalue weighted by Crippen LogP contribution is -2.03. The lowest BCUT2D eigenvalue weighted by Gasteiger charge is -2.01. The SMILES string of the molecule is C1CC1.Cc1ccc(C(=O)O)cc1C(=O)O. The summed E-state index contributed by atoms with van der Waals surface area (Å²) in [6.07, 6.45) is 4.50. The molecule has 0 aliphatic heterocycles. The molecular formula is C12H14O4. The third-order valence-corrected chi connectivity index (χ3v) is 2.07. The van der Waals surface area contributed by atoms with Crippen molar-refractivity contribution in [1.82, 2.24) is 0 Å². The molecule has 0 bridgehead atoms. The van der Waals surface area contributed by atoms with Crippen LogP contribution in [0.1, 0.15) is 45.5 Å². The molecule has 4 nitrogen and oxygen atoms in total. The monoisotopic (exact) mass is 222 g/mol.